The van der Waals surface area contributed by atoms with Crippen molar-refractivity contribution in [1.82, 2.24) is 5.43 Å². The van der Waals surface area contributed by atoms with E-state index in [1.54, 1.807) is 12.3 Å². The van der Waals surface area contributed by atoms with Crippen molar-refractivity contribution in [3.05, 3.63) is 82.9 Å². The smallest absolute Gasteiger partial charge is 0.275 e. The Kier molecular flexibility index (Phi) is 8.55. The van der Waals surface area contributed by atoms with Crippen LogP contribution in [0.25, 0.3) is 0 Å². The van der Waals surface area contributed by atoms with Gasteiger partial charge in [0.15, 0.2) is 0 Å². The molecule has 3 aromatic rings. The van der Waals surface area contributed by atoms with Gasteiger partial charge in [-0.1, -0.05) is 28.1 Å². The third-order valence-corrected chi connectivity index (χ3v) is 6.28. The van der Waals surface area contributed by atoms with E-state index < -0.39 is 5.91 Å². The normalized spacial score (nSPS) is 10.8. The van der Waals surface area contributed by atoms with E-state index in [1.807, 2.05) is 36.4 Å². The highest BCUT2D eigenvalue weighted by Crippen LogP contribution is 2.29. The fourth-order valence-electron chi connectivity index (χ4n) is 2.58. The molecule has 0 aliphatic heterocycles. The first kappa shape index (κ1) is 23.8. The summed E-state index contributed by atoms with van der Waals surface area (Å²) in [5.74, 6) is 0.566. The Morgan fingerprint density at radius 3 is 2.42 bits per heavy atom. The lowest BCUT2D eigenvalue weighted by Crippen LogP contribution is -2.17. The molecule has 0 aliphatic carbocycles. The molecule has 6 nitrogen and oxygen atoms in total. The van der Waals surface area contributed by atoms with Crippen molar-refractivity contribution in [1.29, 1.82) is 0 Å². The van der Waals surface area contributed by atoms with Gasteiger partial charge in [-0.25, -0.2) is 5.43 Å². The van der Waals surface area contributed by atoms with Gasteiger partial charge >= 0.3 is 0 Å². The monoisotopic (exact) mass is 706 g/mol. The number of benzene rings is 3. The summed E-state index contributed by atoms with van der Waals surface area (Å²) in [5, 5.41) is 13.9. The Hall–Kier alpha value is -1.86. The van der Waals surface area contributed by atoms with Crippen LogP contribution in [0.1, 0.15) is 21.5 Å². The standard InChI is InChI=1S/C22H17BrI2N2O4/c1-30-16-6-7-17(20(28)10-16)22(29)27-26-11-14-8-18(24)21(19(25)9-14)31-12-13-2-4-15(23)5-3-13/h2-11,28H,12H2,1H3,(H,27,29)/b26-11-. The maximum atomic E-state index is 12.2. The molecule has 0 fully saturated rings. The number of ether oxygens (including phenoxy) is 2. The van der Waals surface area contributed by atoms with Crippen molar-refractivity contribution in [3.8, 4) is 17.2 Å². The fourth-order valence-corrected chi connectivity index (χ4v) is 4.98. The minimum atomic E-state index is -0.518. The van der Waals surface area contributed by atoms with Crippen molar-refractivity contribution in [3.63, 3.8) is 0 Å². The zero-order valence-electron chi connectivity index (χ0n) is 16.2. The Labute approximate surface area is 215 Å². The third-order valence-electron chi connectivity index (χ3n) is 4.15. The zero-order chi connectivity index (χ0) is 22.4. The molecule has 0 bridgehead atoms. The number of carbonyl (C=O) groups excluding carboxylic acids is 1. The second-order valence-corrected chi connectivity index (χ2v) is 9.55. The minimum absolute atomic E-state index is 0.110. The summed E-state index contributed by atoms with van der Waals surface area (Å²) in [7, 11) is 1.48. The van der Waals surface area contributed by atoms with Crippen LogP contribution in [-0.4, -0.2) is 24.3 Å². The van der Waals surface area contributed by atoms with E-state index in [9.17, 15) is 9.90 Å². The molecule has 3 aromatic carbocycles. The molecular weight excluding hydrogens is 690 g/mol. The van der Waals surface area contributed by atoms with Gasteiger partial charge in [0.2, 0.25) is 0 Å². The quantitative estimate of drug-likeness (QED) is 0.187. The first-order valence-electron chi connectivity index (χ1n) is 8.94. The molecule has 2 N–H and O–H groups in total. The summed E-state index contributed by atoms with van der Waals surface area (Å²) in [6.07, 6.45) is 1.54. The Morgan fingerprint density at radius 2 is 1.81 bits per heavy atom. The van der Waals surface area contributed by atoms with E-state index in [4.69, 9.17) is 9.47 Å². The van der Waals surface area contributed by atoms with Crippen LogP contribution < -0.4 is 14.9 Å². The number of phenolic OH excluding ortho intramolecular Hbond substituents is 1. The van der Waals surface area contributed by atoms with Gasteiger partial charge in [0, 0.05) is 10.5 Å². The lowest BCUT2D eigenvalue weighted by Gasteiger charge is -2.11. The molecule has 0 radical (unpaired) electrons. The predicted molar refractivity (Wildman–Crippen MR) is 140 cm³/mol. The van der Waals surface area contributed by atoms with E-state index in [0.717, 1.165) is 28.5 Å². The Bertz CT molecular complexity index is 1100. The van der Waals surface area contributed by atoms with Gasteiger partial charge < -0.3 is 14.6 Å². The highest BCUT2D eigenvalue weighted by molar-refractivity contribution is 14.1. The Morgan fingerprint density at radius 1 is 1.13 bits per heavy atom. The van der Waals surface area contributed by atoms with Gasteiger partial charge in [0.25, 0.3) is 5.91 Å². The second kappa shape index (κ2) is 11.1. The molecule has 31 heavy (non-hydrogen) atoms. The lowest BCUT2D eigenvalue weighted by molar-refractivity contribution is 0.0952. The van der Waals surface area contributed by atoms with Crippen molar-refractivity contribution < 1.29 is 19.4 Å². The highest BCUT2D eigenvalue weighted by atomic mass is 127. The second-order valence-electron chi connectivity index (χ2n) is 6.31. The number of methoxy groups -OCH3 is 1. The molecular formula is C22H17BrI2N2O4. The summed E-state index contributed by atoms with van der Waals surface area (Å²) >= 11 is 7.85. The van der Waals surface area contributed by atoms with Gasteiger partial charge in [0.1, 0.15) is 23.9 Å². The van der Waals surface area contributed by atoms with Crippen LogP contribution in [-0.2, 0) is 6.61 Å². The summed E-state index contributed by atoms with van der Waals surface area (Å²) in [6.45, 7) is 0.466. The number of nitrogens with zero attached hydrogens (tertiary/aromatic N) is 1. The van der Waals surface area contributed by atoms with E-state index in [-0.39, 0.29) is 11.3 Å². The van der Waals surface area contributed by atoms with Crippen LogP contribution >= 0.6 is 61.1 Å². The van der Waals surface area contributed by atoms with Crippen LogP contribution in [0.15, 0.2) is 64.2 Å². The van der Waals surface area contributed by atoms with Crippen molar-refractivity contribution in [2.45, 2.75) is 6.61 Å². The average Bonchev–Trinajstić information content (AvgIpc) is 2.74. The molecule has 0 aromatic heterocycles. The van der Waals surface area contributed by atoms with Crippen molar-refractivity contribution in [2.75, 3.05) is 7.11 Å². The van der Waals surface area contributed by atoms with Crippen molar-refractivity contribution >= 4 is 73.2 Å². The number of aromatic hydroxyl groups is 1. The number of hydrogen-bond donors (Lipinski definition) is 2. The van der Waals surface area contributed by atoms with Gasteiger partial charge in [0.05, 0.1) is 26.0 Å². The van der Waals surface area contributed by atoms with Crippen LogP contribution in [0.2, 0.25) is 0 Å². The van der Waals surface area contributed by atoms with E-state index >= 15 is 0 Å². The van der Waals surface area contributed by atoms with Crippen LogP contribution in [0.5, 0.6) is 17.2 Å². The number of halogens is 3. The SMILES string of the molecule is COc1ccc(C(=O)N/N=C\c2cc(I)c(OCc3ccc(Br)cc3)c(I)c2)c(O)c1. The predicted octanol–water partition coefficient (Wildman–Crippen LogP) is 5.72. The topological polar surface area (TPSA) is 80.2 Å². The number of carbonyl (C=O) groups is 1. The number of phenols is 1. The van der Waals surface area contributed by atoms with E-state index in [1.165, 1.54) is 19.2 Å². The number of rotatable bonds is 7. The highest BCUT2D eigenvalue weighted by Gasteiger charge is 2.12. The molecule has 3 rings (SSSR count). The largest absolute Gasteiger partial charge is 0.507 e. The summed E-state index contributed by atoms with van der Waals surface area (Å²) in [5.41, 5.74) is 4.41. The molecule has 9 heteroatoms. The molecule has 0 atom stereocenters. The molecule has 0 spiro atoms. The third kappa shape index (κ3) is 6.56. The molecule has 0 saturated carbocycles. The lowest BCUT2D eigenvalue weighted by atomic mass is 10.2. The van der Waals surface area contributed by atoms with Gasteiger partial charge in [-0.2, -0.15) is 5.10 Å². The van der Waals surface area contributed by atoms with Crippen molar-refractivity contribution in [2.24, 2.45) is 5.10 Å². The molecule has 0 aliphatic rings. The molecule has 160 valence electrons. The molecule has 0 unspecified atom stereocenters. The van der Waals surface area contributed by atoms with E-state index in [2.05, 4.69) is 71.6 Å². The van der Waals surface area contributed by atoms with E-state index in [0.29, 0.717) is 12.4 Å². The van der Waals surface area contributed by atoms with Gasteiger partial charge in [-0.05, 0) is 92.7 Å². The molecule has 1 amide bonds. The van der Waals surface area contributed by atoms with Gasteiger partial charge in [-0.3, -0.25) is 4.79 Å². The first-order chi connectivity index (χ1) is 14.9. The summed E-state index contributed by atoms with van der Waals surface area (Å²) < 4.78 is 13.9. The Balaban J connectivity index is 1.64. The van der Waals surface area contributed by atoms with Crippen LogP contribution in [0.3, 0.4) is 0 Å². The van der Waals surface area contributed by atoms with Crippen LogP contribution in [0.4, 0.5) is 0 Å². The summed E-state index contributed by atoms with van der Waals surface area (Å²) in [6, 6.07) is 16.2. The maximum absolute atomic E-state index is 12.2. The number of hydrogen-bond acceptors (Lipinski definition) is 5. The minimum Gasteiger partial charge on any atom is -0.507 e. The zero-order valence-corrected chi connectivity index (χ0v) is 22.1. The first-order valence-corrected chi connectivity index (χ1v) is 11.9. The number of amides is 1. The summed E-state index contributed by atoms with van der Waals surface area (Å²) in [4.78, 5) is 12.2. The maximum Gasteiger partial charge on any atom is 0.275 e. The molecule has 0 saturated heterocycles. The number of hydrazone groups is 1. The van der Waals surface area contributed by atoms with Gasteiger partial charge in [-0.15, -0.1) is 0 Å². The average molecular weight is 707 g/mol. The fraction of sp³-hybridized carbons (Fsp3) is 0.0909. The number of nitrogens with one attached hydrogen (secondary N) is 1. The van der Waals surface area contributed by atoms with Crippen LogP contribution in [0, 0.1) is 7.14 Å². The molecule has 0 heterocycles.